The number of benzene rings is 2. The average Bonchev–Trinajstić information content (AvgIpc) is 2.47. The largest absolute Gasteiger partial charge is 0.457 e. The van der Waals surface area contributed by atoms with Gasteiger partial charge in [0.2, 0.25) is 0 Å². The van der Waals surface area contributed by atoms with Crippen LogP contribution in [0, 0.1) is 0 Å². The Hall–Kier alpha value is -2.13. The second kappa shape index (κ2) is 6.16. The molecule has 0 bridgehead atoms. The predicted molar refractivity (Wildman–Crippen MR) is 73.5 cm³/mol. The number of aliphatic hydroxyl groups is 1. The monoisotopic (exact) mass is 256 g/mol. The lowest BCUT2D eigenvalue weighted by Crippen LogP contribution is -1.96. The van der Waals surface area contributed by atoms with Gasteiger partial charge in [-0.25, -0.2) is 0 Å². The van der Waals surface area contributed by atoms with Gasteiger partial charge < -0.3 is 9.84 Å². The van der Waals surface area contributed by atoms with Crippen LogP contribution < -0.4 is 4.74 Å². The molecule has 0 saturated heterocycles. The molecule has 2 aromatic rings. The average molecular weight is 256 g/mol. The van der Waals surface area contributed by atoms with E-state index in [4.69, 9.17) is 9.84 Å². The molecular formula is C16H16O3. The maximum Gasteiger partial charge on any atom is 0.162 e. The highest BCUT2D eigenvalue weighted by atomic mass is 16.5. The number of hydrogen-bond donors (Lipinski definition) is 1. The Bertz CT molecular complexity index is 558. The minimum atomic E-state index is 0.0146. The number of rotatable bonds is 5. The maximum atomic E-state index is 11.6. The zero-order chi connectivity index (χ0) is 13.7. The van der Waals surface area contributed by atoms with E-state index in [1.807, 2.05) is 13.0 Å². The standard InChI is InChI=1S/C16H16O3/c1-2-16(18)13-4-3-5-15(10-13)19-14-8-6-12(11-17)7-9-14/h3-10,17H,2,11H2,1H3. The third kappa shape index (κ3) is 3.42. The summed E-state index contributed by atoms with van der Waals surface area (Å²) in [7, 11) is 0. The van der Waals surface area contributed by atoms with Gasteiger partial charge in [0.25, 0.3) is 0 Å². The highest BCUT2D eigenvalue weighted by Gasteiger charge is 2.05. The zero-order valence-electron chi connectivity index (χ0n) is 10.8. The number of ketones is 1. The summed E-state index contributed by atoms with van der Waals surface area (Å²) >= 11 is 0. The van der Waals surface area contributed by atoms with Crippen molar-refractivity contribution in [3.05, 3.63) is 59.7 Å². The number of hydrogen-bond acceptors (Lipinski definition) is 3. The van der Waals surface area contributed by atoms with Gasteiger partial charge in [-0.15, -0.1) is 0 Å². The normalized spacial score (nSPS) is 10.2. The molecule has 2 aromatic carbocycles. The zero-order valence-corrected chi connectivity index (χ0v) is 10.8. The summed E-state index contributed by atoms with van der Waals surface area (Å²) in [5.41, 5.74) is 1.49. The van der Waals surface area contributed by atoms with Crippen LogP contribution in [-0.2, 0) is 6.61 Å². The summed E-state index contributed by atoms with van der Waals surface area (Å²) < 4.78 is 5.68. The molecule has 3 nitrogen and oxygen atoms in total. The highest BCUT2D eigenvalue weighted by Crippen LogP contribution is 2.23. The van der Waals surface area contributed by atoms with Gasteiger partial charge in [-0.1, -0.05) is 31.2 Å². The van der Waals surface area contributed by atoms with Crippen LogP contribution in [-0.4, -0.2) is 10.9 Å². The quantitative estimate of drug-likeness (QED) is 0.832. The molecule has 0 radical (unpaired) electrons. The van der Waals surface area contributed by atoms with Gasteiger partial charge in [0, 0.05) is 12.0 Å². The van der Waals surface area contributed by atoms with Crippen LogP contribution in [0.5, 0.6) is 11.5 Å². The van der Waals surface area contributed by atoms with Crippen molar-refractivity contribution in [1.29, 1.82) is 0 Å². The van der Waals surface area contributed by atoms with Gasteiger partial charge in [0.05, 0.1) is 6.61 Å². The molecular weight excluding hydrogens is 240 g/mol. The number of ether oxygens (including phenoxy) is 1. The molecule has 0 saturated carbocycles. The topological polar surface area (TPSA) is 46.5 Å². The number of carbonyl (C=O) groups is 1. The summed E-state index contributed by atoms with van der Waals surface area (Å²) in [4.78, 5) is 11.6. The van der Waals surface area contributed by atoms with Crippen LogP contribution in [0.25, 0.3) is 0 Å². The second-order valence-electron chi connectivity index (χ2n) is 4.21. The molecule has 19 heavy (non-hydrogen) atoms. The third-order valence-electron chi connectivity index (χ3n) is 2.82. The summed E-state index contributed by atoms with van der Waals surface area (Å²) in [6, 6.07) is 14.3. The first-order valence-electron chi connectivity index (χ1n) is 6.24. The fraction of sp³-hybridized carbons (Fsp3) is 0.188. The first-order chi connectivity index (χ1) is 9.22. The molecule has 0 atom stereocenters. The molecule has 0 aromatic heterocycles. The van der Waals surface area contributed by atoms with Gasteiger partial charge in [0.15, 0.2) is 5.78 Å². The van der Waals surface area contributed by atoms with Crippen LogP contribution in [0.4, 0.5) is 0 Å². The lowest BCUT2D eigenvalue weighted by molar-refractivity contribution is 0.0988. The molecule has 2 rings (SSSR count). The number of carbonyl (C=O) groups excluding carboxylic acids is 1. The highest BCUT2D eigenvalue weighted by molar-refractivity contribution is 5.96. The van der Waals surface area contributed by atoms with Crippen molar-refractivity contribution >= 4 is 5.78 Å². The van der Waals surface area contributed by atoms with Crippen molar-refractivity contribution in [3.63, 3.8) is 0 Å². The van der Waals surface area contributed by atoms with Crippen LogP contribution >= 0.6 is 0 Å². The molecule has 1 N–H and O–H groups in total. The third-order valence-corrected chi connectivity index (χ3v) is 2.82. The van der Waals surface area contributed by atoms with E-state index in [1.165, 1.54) is 0 Å². The molecule has 0 amide bonds. The molecule has 0 aliphatic heterocycles. The molecule has 0 unspecified atom stereocenters. The molecule has 0 aliphatic carbocycles. The Labute approximate surface area is 112 Å². The van der Waals surface area contributed by atoms with Gasteiger partial charge in [-0.05, 0) is 29.8 Å². The Morgan fingerprint density at radius 3 is 2.47 bits per heavy atom. The molecule has 0 fully saturated rings. The van der Waals surface area contributed by atoms with Crippen LogP contribution in [0.1, 0.15) is 29.3 Å². The lowest BCUT2D eigenvalue weighted by atomic mass is 10.1. The van der Waals surface area contributed by atoms with Gasteiger partial charge >= 0.3 is 0 Å². The van der Waals surface area contributed by atoms with Gasteiger partial charge in [0.1, 0.15) is 11.5 Å². The van der Waals surface area contributed by atoms with Crippen molar-refractivity contribution in [1.82, 2.24) is 0 Å². The summed E-state index contributed by atoms with van der Waals surface area (Å²) in [5.74, 6) is 1.41. The summed E-state index contributed by atoms with van der Waals surface area (Å²) in [6.45, 7) is 1.85. The summed E-state index contributed by atoms with van der Waals surface area (Å²) in [5, 5.41) is 8.96. The summed E-state index contributed by atoms with van der Waals surface area (Å²) in [6.07, 6.45) is 0.481. The van der Waals surface area contributed by atoms with E-state index in [0.29, 0.717) is 23.5 Å². The van der Waals surface area contributed by atoms with Crippen molar-refractivity contribution in [2.45, 2.75) is 20.0 Å². The van der Waals surface area contributed by atoms with E-state index in [9.17, 15) is 4.79 Å². The SMILES string of the molecule is CCC(=O)c1cccc(Oc2ccc(CO)cc2)c1. The van der Waals surface area contributed by atoms with Crippen LogP contribution in [0.15, 0.2) is 48.5 Å². The Kier molecular flexibility index (Phi) is 4.31. The van der Waals surface area contributed by atoms with E-state index < -0.39 is 0 Å². The van der Waals surface area contributed by atoms with E-state index in [0.717, 1.165) is 5.56 Å². The fourth-order valence-electron chi connectivity index (χ4n) is 1.74. The van der Waals surface area contributed by atoms with E-state index in [1.54, 1.807) is 42.5 Å². The number of Topliss-reactive ketones (excluding diaryl/α,β-unsaturated/α-hetero) is 1. The van der Waals surface area contributed by atoms with E-state index in [-0.39, 0.29) is 12.4 Å². The first kappa shape index (κ1) is 13.3. The molecule has 0 spiro atoms. The predicted octanol–water partition coefficient (Wildman–Crippen LogP) is 3.56. The van der Waals surface area contributed by atoms with Crippen LogP contribution in [0.2, 0.25) is 0 Å². The van der Waals surface area contributed by atoms with Crippen molar-refractivity contribution < 1.29 is 14.6 Å². The maximum absolute atomic E-state index is 11.6. The minimum absolute atomic E-state index is 0.0146. The smallest absolute Gasteiger partial charge is 0.162 e. The van der Waals surface area contributed by atoms with Crippen molar-refractivity contribution in [3.8, 4) is 11.5 Å². The van der Waals surface area contributed by atoms with E-state index in [2.05, 4.69) is 0 Å². The lowest BCUT2D eigenvalue weighted by Gasteiger charge is -2.07. The van der Waals surface area contributed by atoms with Crippen molar-refractivity contribution in [2.24, 2.45) is 0 Å². The van der Waals surface area contributed by atoms with Crippen LogP contribution in [0.3, 0.4) is 0 Å². The number of aliphatic hydroxyl groups excluding tert-OH is 1. The fourth-order valence-corrected chi connectivity index (χ4v) is 1.74. The van der Waals surface area contributed by atoms with Gasteiger partial charge in [-0.2, -0.15) is 0 Å². The molecule has 0 heterocycles. The molecule has 98 valence electrons. The Morgan fingerprint density at radius 2 is 1.84 bits per heavy atom. The first-order valence-corrected chi connectivity index (χ1v) is 6.24. The Balaban J connectivity index is 2.16. The minimum Gasteiger partial charge on any atom is -0.457 e. The Morgan fingerprint density at radius 1 is 1.11 bits per heavy atom. The molecule has 3 heteroatoms. The van der Waals surface area contributed by atoms with Crippen molar-refractivity contribution in [2.75, 3.05) is 0 Å². The molecule has 0 aliphatic rings. The van der Waals surface area contributed by atoms with Gasteiger partial charge in [-0.3, -0.25) is 4.79 Å². The van der Waals surface area contributed by atoms with E-state index >= 15 is 0 Å². The second-order valence-corrected chi connectivity index (χ2v) is 4.21.